The first-order valence-corrected chi connectivity index (χ1v) is 8.42. The Morgan fingerprint density at radius 3 is 1.96 bits per heavy atom. The molecule has 0 spiro atoms. The molecule has 1 saturated carbocycles. The maximum Gasteiger partial charge on any atom is 0.143 e. The zero-order chi connectivity index (χ0) is 19.8. The Bertz CT molecular complexity index is 866. The highest BCUT2D eigenvalue weighted by molar-refractivity contribution is 5.58. The minimum Gasteiger partial charge on any atom is -0.393 e. The van der Waals surface area contributed by atoms with Gasteiger partial charge in [0.25, 0.3) is 0 Å². The fourth-order valence-electron chi connectivity index (χ4n) is 2.75. The van der Waals surface area contributed by atoms with Crippen LogP contribution in [0.4, 0.5) is 18.9 Å². The molecule has 0 atom stereocenters. The third-order valence-corrected chi connectivity index (χ3v) is 4.21. The van der Waals surface area contributed by atoms with Gasteiger partial charge >= 0.3 is 0 Å². The van der Waals surface area contributed by atoms with Gasteiger partial charge in [0.1, 0.15) is 29.6 Å². The summed E-state index contributed by atoms with van der Waals surface area (Å²) < 4.78 is 37.6. The number of aliphatic hydroxyl groups is 1. The summed E-state index contributed by atoms with van der Waals surface area (Å²) in [5.74, 6) is -1.83. The molecule has 0 amide bonds. The molecule has 1 aliphatic carbocycles. The van der Waals surface area contributed by atoms with Crippen molar-refractivity contribution in [1.29, 1.82) is 10.5 Å². The molecule has 0 unspecified atom stereocenters. The van der Waals surface area contributed by atoms with E-state index in [0.29, 0.717) is 17.3 Å². The zero-order valence-corrected chi connectivity index (χ0v) is 14.4. The molecule has 0 heterocycles. The van der Waals surface area contributed by atoms with Crippen molar-refractivity contribution >= 4 is 5.69 Å². The van der Waals surface area contributed by atoms with E-state index in [-0.39, 0.29) is 23.5 Å². The van der Waals surface area contributed by atoms with Crippen LogP contribution in [0.15, 0.2) is 36.4 Å². The van der Waals surface area contributed by atoms with E-state index < -0.39 is 11.6 Å². The number of hydrogen-bond acceptors (Lipinski definition) is 4. The molecule has 140 valence electrons. The number of halogens is 3. The number of hydrogen-bond donors (Lipinski definition) is 2. The number of anilines is 1. The Kier molecular flexibility index (Phi) is 7.22. The Morgan fingerprint density at radius 1 is 0.852 bits per heavy atom. The molecule has 27 heavy (non-hydrogen) atoms. The van der Waals surface area contributed by atoms with Gasteiger partial charge in [-0.25, -0.2) is 13.2 Å². The topological polar surface area (TPSA) is 79.8 Å². The molecule has 0 bridgehead atoms. The largest absolute Gasteiger partial charge is 0.393 e. The van der Waals surface area contributed by atoms with Gasteiger partial charge in [-0.15, -0.1) is 0 Å². The molecule has 3 rings (SSSR count). The van der Waals surface area contributed by atoms with E-state index in [1.54, 1.807) is 6.07 Å². The quantitative estimate of drug-likeness (QED) is 0.825. The van der Waals surface area contributed by atoms with E-state index in [1.165, 1.54) is 18.2 Å². The second kappa shape index (κ2) is 9.61. The van der Waals surface area contributed by atoms with Gasteiger partial charge in [0.15, 0.2) is 0 Å². The molecule has 1 aliphatic rings. The number of nitrogens with zero attached hydrogens (tertiary/aromatic N) is 2. The summed E-state index contributed by atoms with van der Waals surface area (Å²) in [5, 5.41) is 29.7. The lowest BCUT2D eigenvalue weighted by Gasteiger charge is -2.27. The number of rotatable bonds is 2. The molecule has 7 heteroatoms. The molecule has 0 saturated heterocycles. The first-order chi connectivity index (χ1) is 12.9. The lowest BCUT2D eigenvalue weighted by atomic mass is 9.93. The van der Waals surface area contributed by atoms with Crippen LogP contribution in [0.25, 0.3) is 0 Å². The van der Waals surface area contributed by atoms with Crippen molar-refractivity contribution in [2.45, 2.75) is 37.8 Å². The van der Waals surface area contributed by atoms with Crippen molar-refractivity contribution in [3.8, 4) is 12.1 Å². The number of nitriles is 2. The second-order valence-electron chi connectivity index (χ2n) is 6.19. The molecule has 0 aliphatic heterocycles. The second-order valence-corrected chi connectivity index (χ2v) is 6.19. The Labute approximate surface area is 155 Å². The fraction of sp³-hybridized carbons (Fsp3) is 0.300. The van der Waals surface area contributed by atoms with Crippen LogP contribution in [-0.4, -0.2) is 17.3 Å². The highest BCUT2D eigenvalue weighted by atomic mass is 19.1. The maximum absolute atomic E-state index is 13.1. The van der Waals surface area contributed by atoms with Crippen molar-refractivity contribution in [2.24, 2.45) is 0 Å². The highest BCUT2D eigenvalue weighted by Gasteiger charge is 2.20. The van der Waals surface area contributed by atoms with Crippen LogP contribution in [0.3, 0.4) is 0 Å². The normalized spacial score (nSPS) is 18.4. The van der Waals surface area contributed by atoms with Gasteiger partial charge < -0.3 is 10.4 Å². The van der Waals surface area contributed by atoms with Gasteiger partial charge in [0.2, 0.25) is 0 Å². The lowest BCUT2D eigenvalue weighted by Crippen LogP contribution is -2.28. The van der Waals surface area contributed by atoms with Crippen molar-refractivity contribution in [3.63, 3.8) is 0 Å². The van der Waals surface area contributed by atoms with Crippen LogP contribution in [0.1, 0.15) is 36.8 Å². The molecule has 4 nitrogen and oxygen atoms in total. The van der Waals surface area contributed by atoms with Gasteiger partial charge in [-0.05, 0) is 56.0 Å². The Morgan fingerprint density at radius 2 is 1.41 bits per heavy atom. The summed E-state index contributed by atoms with van der Waals surface area (Å²) >= 11 is 0. The van der Waals surface area contributed by atoms with E-state index in [9.17, 15) is 18.3 Å². The standard InChI is InChI=1S/C13H15FN2O.C7H3F2N/c14-10-2-1-9(8-15)13(7-10)16-11-3-5-12(17)6-4-11;8-6-2-1-5(4-10)7(9)3-6/h1-2,7,11-12,16-17H,3-6H2;1-3H. The summed E-state index contributed by atoms with van der Waals surface area (Å²) in [6, 6.07) is 10.8. The van der Waals surface area contributed by atoms with E-state index in [1.807, 2.05) is 6.07 Å². The van der Waals surface area contributed by atoms with Gasteiger partial charge in [0.05, 0.1) is 22.9 Å². The average Bonchev–Trinajstić information content (AvgIpc) is 2.64. The molecule has 0 radical (unpaired) electrons. The first kappa shape index (κ1) is 20.3. The summed E-state index contributed by atoms with van der Waals surface area (Å²) in [5.41, 5.74) is 0.868. The first-order valence-electron chi connectivity index (χ1n) is 8.42. The van der Waals surface area contributed by atoms with Gasteiger partial charge in [0, 0.05) is 12.1 Å². The zero-order valence-electron chi connectivity index (χ0n) is 14.4. The minimum absolute atomic E-state index is 0.138. The monoisotopic (exact) mass is 373 g/mol. The number of nitrogens with one attached hydrogen (secondary N) is 1. The van der Waals surface area contributed by atoms with Crippen LogP contribution in [-0.2, 0) is 0 Å². The number of benzene rings is 2. The lowest BCUT2D eigenvalue weighted by molar-refractivity contribution is 0.126. The molecule has 1 fully saturated rings. The average molecular weight is 373 g/mol. The SMILES string of the molecule is N#Cc1ccc(F)cc1F.N#Cc1ccc(F)cc1NC1CCC(O)CC1. The third kappa shape index (κ3) is 6.02. The summed E-state index contributed by atoms with van der Waals surface area (Å²) in [6.07, 6.45) is 3.01. The van der Waals surface area contributed by atoms with E-state index in [0.717, 1.165) is 37.8 Å². The van der Waals surface area contributed by atoms with Crippen LogP contribution in [0.5, 0.6) is 0 Å². The minimum atomic E-state index is -0.817. The van der Waals surface area contributed by atoms with Gasteiger partial charge in [-0.1, -0.05) is 0 Å². The van der Waals surface area contributed by atoms with Gasteiger partial charge in [-0.2, -0.15) is 10.5 Å². The smallest absolute Gasteiger partial charge is 0.143 e. The van der Waals surface area contributed by atoms with E-state index in [4.69, 9.17) is 10.5 Å². The van der Waals surface area contributed by atoms with Crippen LogP contribution >= 0.6 is 0 Å². The molecular formula is C20H18F3N3O. The van der Waals surface area contributed by atoms with Crippen molar-refractivity contribution in [2.75, 3.05) is 5.32 Å². The predicted molar refractivity (Wildman–Crippen MR) is 94.1 cm³/mol. The molecular weight excluding hydrogens is 355 g/mol. The highest BCUT2D eigenvalue weighted by Crippen LogP contribution is 2.24. The molecule has 0 aromatic heterocycles. The summed E-state index contributed by atoms with van der Waals surface area (Å²) in [4.78, 5) is 0. The van der Waals surface area contributed by atoms with Crippen molar-refractivity contribution in [1.82, 2.24) is 0 Å². The summed E-state index contributed by atoms with van der Waals surface area (Å²) in [6.45, 7) is 0. The Balaban J connectivity index is 0.000000223. The van der Waals surface area contributed by atoms with E-state index in [2.05, 4.69) is 5.32 Å². The van der Waals surface area contributed by atoms with E-state index >= 15 is 0 Å². The predicted octanol–water partition coefficient (Wildman–Crippen LogP) is 4.25. The maximum atomic E-state index is 13.1. The summed E-state index contributed by atoms with van der Waals surface area (Å²) in [7, 11) is 0. The fourth-order valence-corrected chi connectivity index (χ4v) is 2.75. The Hall–Kier alpha value is -3.03. The van der Waals surface area contributed by atoms with Crippen LogP contribution in [0.2, 0.25) is 0 Å². The molecule has 2 N–H and O–H groups in total. The van der Waals surface area contributed by atoms with Crippen LogP contribution < -0.4 is 5.32 Å². The van der Waals surface area contributed by atoms with Crippen molar-refractivity contribution in [3.05, 3.63) is 65.0 Å². The third-order valence-electron chi connectivity index (χ3n) is 4.21. The van der Waals surface area contributed by atoms with Gasteiger partial charge in [-0.3, -0.25) is 0 Å². The molecule has 2 aromatic rings. The van der Waals surface area contributed by atoms with Crippen molar-refractivity contribution < 1.29 is 18.3 Å². The van der Waals surface area contributed by atoms with Crippen LogP contribution in [0, 0.1) is 40.1 Å². The number of aliphatic hydroxyl groups excluding tert-OH is 1. The molecule has 2 aromatic carbocycles.